The maximum absolute atomic E-state index is 13.9. The van der Waals surface area contributed by atoms with Crippen molar-refractivity contribution in [2.75, 3.05) is 10.0 Å². The normalized spacial score (nSPS) is 11.9. The van der Waals surface area contributed by atoms with Gasteiger partial charge in [0.05, 0.1) is 16.1 Å². The highest BCUT2D eigenvalue weighted by atomic mass is 32.2. The van der Waals surface area contributed by atoms with E-state index in [1.165, 1.54) is 12.1 Å². The number of benzene rings is 2. The van der Waals surface area contributed by atoms with E-state index in [4.69, 9.17) is 5.11 Å². The van der Waals surface area contributed by atoms with Crippen molar-refractivity contribution in [1.82, 2.24) is 0 Å². The summed E-state index contributed by atoms with van der Waals surface area (Å²) in [6.07, 6.45) is 1.44. The molecular weight excluding hydrogens is 390 g/mol. The van der Waals surface area contributed by atoms with E-state index in [1.807, 2.05) is 13.8 Å². The van der Waals surface area contributed by atoms with Crippen LogP contribution in [0.2, 0.25) is 0 Å². The molecule has 0 aliphatic rings. The zero-order chi connectivity index (χ0) is 20.8. The minimum absolute atomic E-state index is 0.0953. The smallest absolute Gasteiger partial charge is 0.338 e. The Balaban J connectivity index is 2.10. The van der Waals surface area contributed by atoms with Gasteiger partial charge < -0.3 is 10.4 Å². The molecule has 9 heteroatoms. The van der Waals surface area contributed by atoms with Gasteiger partial charge in [-0.3, -0.25) is 9.52 Å². The molecule has 0 aliphatic carbocycles. The number of carbonyl (C=O) groups is 2. The van der Waals surface area contributed by atoms with Crippen LogP contribution >= 0.6 is 0 Å². The van der Waals surface area contributed by atoms with Gasteiger partial charge in [0.2, 0.25) is 5.91 Å². The minimum atomic E-state index is -1.92. The molecule has 28 heavy (non-hydrogen) atoms. The van der Waals surface area contributed by atoms with Gasteiger partial charge in [-0.05, 0) is 43.2 Å². The summed E-state index contributed by atoms with van der Waals surface area (Å²) < 4.78 is 42.3. The SMILES string of the molecule is CCC(CC)C(=O)Nc1ccc(S(=O)Nc2cc(F)c(C(=O)O)cc2F)cc1. The van der Waals surface area contributed by atoms with Crippen molar-refractivity contribution in [3.05, 3.63) is 53.6 Å². The first kappa shape index (κ1) is 21.5. The van der Waals surface area contributed by atoms with Crippen LogP contribution in [0.1, 0.15) is 37.0 Å². The third kappa shape index (κ3) is 5.13. The molecule has 0 heterocycles. The van der Waals surface area contributed by atoms with Gasteiger partial charge in [-0.15, -0.1) is 0 Å². The van der Waals surface area contributed by atoms with E-state index in [0.29, 0.717) is 17.8 Å². The zero-order valence-electron chi connectivity index (χ0n) is 15.3. The van der Waals surface area contributed by atoms with Crippen molar-refractivity contribution in [2.45, 2.75) is 31.6 Å². The van der Waals surface area contributed by atoms with Gasteiger partial charge in [-0.2, -0.15) is 0 Å². The third-order valence-corrected chi connectivity index (χ3v) is 5.29. The molecule has 1 unspecified atom stereocenters. The van der Waals surface area contributed by atoms with Gasteiger partial charge in [0.25, 0.3) is 0 Å². The molecule has 0 aromatic heterocycles. The second-order valence-electron chi connectivity index (χ2n) is 6.01. The molecule has 2 aromatic carbocycles. The second-order valence-corrected chi connectivity index (χ2v) is 7.23. The number of aromatic carboxylic acids is 1. The lowest BCUT2D eigenvalue weighted by atomic mass is 10.0. The number of hydrogen-bond acceptors (Lipinski definition) is 3. The first-order valence-corrected chi connectivity index (χ1v) is 9.73. The van der Waals surface area contributed by atoms with E-state index < -0.39 is 39.8 Å². The monoisotopic (exact) mass is 410 g/mol. The number of hydrogen-bond donors (Lipinski definition) is 3. The predicted octanol–water partition coefficient (Wildman–Crippen LogP) is 4.17. The van der Waals surface area contributed by atoms with E-state index in [1.54, 1.807) is 12.1 Å². The van der Waals surface area contributed by atoms with Gasteiger partial charge in [-0.1, -0.05) is 13.8 Å². The number of amides is 1. The zero-order valence-corrected chi connectivity index (χ0v) is 16.1. The molecule has 0 aliphatic heterocycles. The molecule has 150 valence electrons. The van der Waals surface area contributed by atoms with Crippen LogP contribution < -0.4 is 10.0 Å². The average molecular weight is 410 g/mol. The van der Waals surface area contributed by atoms with Gasteiger partial charge in [0.1, 0.15) is 22.6 Å². The summed E-state index contributed by atoms with van der Waals surface area (Å²) in [6, 6.07) is 7.23. The van der Waals surface area contributed by atoms with Crippen molar-refractivity contribution in [1.29, 1.82) is 0 Å². The highest BCUT2D eigenvalue weighted by molar-refractivity contribution is 7.86. The molecule has 0 bridgehead atoms. The van der Waals surface area contributed by atoms with Crippen molar-refractivity contribution in [2.24, 2.45) is 5.92 Å². The minimum Gasteiger partial charge on any atom is -0.478 e. The van der Waals surface area contributed by atoms with E-state index in [2.05, 4.69) is 10.0 Å². The fraction of sp³-hybridized carbons (Fsp3) is 0.263. The van der Waals surface area contributed by atoms with Crippen molar-refractivity contribution >= 4 is 34.2 Å². The molecule has 0 fully saturated rings. The topological polar surface area (TPSA) is 95.5 Å². The lowest BCUT2D eigenvalue weighted by molar-refractivity contribution is -0.120. The van der Waals surface area contributed by atoms with Crippen molar-refractivity contribution in [3.63, 3.8) is 0 Å². The van der Waals surface area contributed by atoms with Crippen LogP contribution in [0.3, 0.4) is 0 Å². The van der Waals surface area contributed by atoms with E-state index in [0.717, 1.165) is 12.8 Å². The van der Waals surface area contributed by atoms with Crippen molar-refractivity contribution < 1.29 is 27.7 Å². The van der Waals surface area contributed by atoms with Crippen LogP contribution in [0, 0.1) is 17.6 Å². The predicted molar refractivity (Wildman–Crippen MR) is 102 cm³/mol. The standard InChI is InChI=1S/C19H20F2N2O4S/c1-3-11(4-2)18(24)22-12-5-7-13(8-6-12)28(27)23-17-10-15(20)14(19(25)26)9-16(17)21/h5-11,23H,3-4H2,1-2H3,(H,22,24)(H,25,26). The molecule has 2 rings (SSSR count). The molecule has 0 spiro atoms. The van der Waals surface area contributed by atoms with Crippen LogP contribution in [0.5, 0.6) is 0 Å². The summed E-state index contributed by atoms with van der Waals surface area (Å²) >= 11 is 0. The Kier molecular flexibility index (Phi) is 7.22. The van der Waals surface area contributed by atoms with Crippen LogP contribution in [-0.4, -0.2) is 21.2 Å². The average Bonchev–Trinajstić information content (AvgIpc) is 2.65. The summed E-state index contributed by atoms with van der Waals surface area (Å²) in [6.45, 7) is 3.85. The van der Waals surface area contributed by atoms with E-state index in [9.17, 15) is 22.6 Å². The number of rotatable bonds is 8. The Morgan fingerprint density at radius 3 is 2.21 bits per heavy atom. The molecule has 6 nitrogen and oxygen atoms in total. The first-order valence-electron chi connectivity index (χ1n) is 8.58. The fourth-order valence-corrected chi connectivity index (χ4v) is 3.37. The quantitative estimate of drug-likeness (QED) is 0.609. The van der Waals surface area contributed by atoms with Crippen LogP contribution in [0.15, 0.2) is 41.3 Å². The Morgan fingerprint density at radius 2 is 1.68 bits per heavy atom. The molecule has 1 amide bonds. The fourth-order valence-electron chi connectivity index (χ4n) is 2.51. The number of halogens is 2. The molecule has 0 radical (unpaired) electrons. The largest absolute Gasteiger partial charge is 0.478 e. The van der Waals surface area contributed by atoms with Crippen LogP contribution in [-0.2, 0) is 15.8 Å². The summed E-state index contributed by atoms with van der Waals surface area (Å²) in [5.41, 5.74) is -0.709. The summed E-state index contributed by atoms with van der Waals surface area (Å²) in [4.78, 5) is 23.1. The molecular formula is C19H20F2N2O4S. The number of carboxylic acids is 1. The van der Waals surface area contributed by atoms with Gasteiger partial charge in [0.15, 0.2) is 0 Å². The Hall–Kier alpha value is -2.81. The van der Waals surface area contributed by atoms with Crippen molar-refractivity contribution in [3.8, 4) is 0 Å². The number of carboxylic acid groups (broad SMARTS) is 1. The molecule has 2 aromatic rings. The maximum Gasteiger partial charge on any atom is 0.338 e. The number of carbonyl (C=O) groups excluding carboxylic acids is 1. The number of anilines is 2. The molecule has 0 saturated heterocycles. The second kappa shape index (κ2) is 9.41. The number of nitrogens with one attached hydrogen (secondary N) is 2. The lowest BCUT2D eigenvalue weighted by Gasteiger charge is -2.13. The highest BCUT2D eigenvalue weighted by Crippen LogP contribution is 2.22. The highest BCUT2D eigenvalue weighted by Gasteiger charge is 2.17. The molecule has 0 saturated carbocycles. The summed E-state index contributed by atoms with van der Waals surface area (Å²) in [5, 5.41) is 11.5. The van der Waals surface area contributed by atoms with Gasteiger partial charge in [-0.25, -0.2) is 17.8 Å². The van der Waals surface area contributed by atoms with E-state index >= 15 is 0 Å². The van der Waals surface area contributed by atoms with Crippen LogP contribution in [0.25, 0.3) is 0 Å². The third-order valence-electron chi connectivity index (χ3n) is 4.18. The Bertz CT molecular complexity index is 900. The summed E-state index contributed by atoms with van der Waals surface area (Å²) in [7, 11) is -1.92. The first-order chi connectivity index (χ1) is 13.3. The van der Waals surface area contributed by atoms with Crippen LogP contribution in [0.4, 0.5) is 20.2 Å². The van der Waals surface area contributed by atoms with Gasteiger partial charge >= 0.3 is 5.97 Å². The molecule has 1 atom stereocenters. The maximum atomic E-state index is 13.9. The lowest BCUT2D eigenvalue weighted by Crippen LogP contribution is -2.21. The Morgan fingerprint density at radius 1 is 1.07 bits per heavy atom. The van der Waals surface area contributed by atoms with Gasteiger partial charge in [0, 0.05) is 17.7 Å². The molecule has 3 N–H and O–H groups in total. The Labute approximate surface area is 163 Å². The van der Waals surface area contributed by atoms with E-state index in [-0.39, 0.29) is 16.7 Å². The summed E-state index contributed by atoms with van der Waals surface area (Å²) in [5.74, 6) is -3.99.